The standard InChI is InChI=1S/C16H30O4.C14H26O4/c1-2-3-4-5-6-7-8-11-14-20-16(19)13-10-9-12-15(17)18;1-2-3-4-5-6-9-12-18-14(17)11-8-7-10-13(15)16/h2-14H2,1H3,(H,17,18);2-12H2,1H3,(H,15,16). The van der Waals surface area contributed by atoms with Crippen LogP contribution in [0.3, 0.4) is 0 Å². The first kappa shape index (κ1) is 38.0. The molecule has 8 nitrogen and oxygen atoms in total. The molecular weight excluding hydrogens is 488 g/mol. The number of aliphatic carboxylic acids is 2. The molecule has 0 heterocycles. The van der Waals surface area contributed by atoms with Crippen LogP contribution in [0.25, 0.3) is 0 Å². The first-order valence-electron chi connectivity index (χ1n) is 15.1. The Morgan fingerprint density at radius 1 is 0.421 bits per heavy atom. The van der Waals surface area contributed by atoms with Crippen molar-refractivity contribution in [1.82, 2.24) is 0 Å². The van der Waals surface area contributed by atoms with E-state index < -0.39 is 11.9 Å². The zero-order valence-corrected chi connectivity index (χ0v) is 24.3. The number of carboxylic acid groups (broad SMARTS) is 2. The molecule has 38 heavy (non-hydrogen) atoms. The smallest absolute Gasteiger partial charge is 0.305 e. The minimum atomic E-state index is -0.810. The molecule has 0 amide bonds. The van der Waals surface area contributed by atoms with Crippen molar-refractivity contribution in [1.29, 1.82) is 0 Å². The van der Waals surface area contributed by atoms with E-state index >= 15 is 0 Å². The largest absolute Gasteiger partial charge is 0.481 e. The Morgan fingerprint density at radius 2 is 0.711 bits per heavy atom. The minimum Gasteiger partial charge on any atom is -0.481 e. The first-order chi connectivity index (χ1) is 18.3. The van der Waals surface area contributed by atoms with Crippen LogP contribution in [0.5, 0.6) is 0 Å². The highest BCUT2D eigenvalue weighted by Crippen LogP contribution is 2.09. The molecule has 0 saturated carbocycles. The molecule has 8 heteroatoms. The number of carbonyl (C=O) groups is 4. The molecule has 0 aromatic rings. The molecule has 0 rings (SSSR count). The lowest BCUT2D eigenvalue weighted by Gasteiger charge is -2.04. The second-order valence-electron chi connectivity index (χ2n) is 9.89. The fraction of sp³-hybridized carbons (Fsp3) is 0.867. The molecule has 0 aliphatic heterocycles. The predicted molar refractivity (Wildman–Crippen MR) is 150 cm³/mol. The third kappa shape index (κ3) is 36.0. The lowest BCUT2D eigenvalue weighted by molar-refractivity contribution is -0.145. The van der Waals surface area contributed by atoms with Crippen molar-refractivity contribution < 1.29 is 38.9 Å². The normalized spacial score (nSPS) is 10.4. The molecule has 0 unspecified atom stereocenters. The van der Waals surface area contributed by atoms with Crippen LogP contribution in [0.2, 0.25) is 0 Å². The molecule has 0 radical (unpaired) electrons. The van der Waals surface area contributed by atoms with Crippen molar-refractivity contribution in [2.75, 3.05) is 13.2 Å². The van der Waals surface area contributed by atoms with Crippen molar-refractivity contribution in [2.24, 2.45) is 0 Å². The van der Waals surface area contributed by atoms with E-state index in [2.05, 4.69) is 13.8 Å². The topological polar surface area (TPSA) is 127 Å². The Kier molecular flexibility index (Phi) is 31.1. The number of rotatable bonds is 26. The third-order valence-corrected chi connectivity index (χ3v) is 6.06. The van der Waals surface area contributed by atoms with Crippen LogP contribution < -0.4 is 0 Å². The molecule has 0 aromatic heterocycles. The van der Waals surface area contributed by atoms with E-state index in [1.807, 2.05) is 0 Å². The van der Waals surface area contributed by atoms with Gasteiger partial charge in [-0.25, -0.2) is 0 Å². The molecule has 224 valence electrons. The van der Waals surface area contributed by atoms with Gasteiger partial charge < -0.3 is 19.7 Å². The van der Waals surface area contributed by atoms with Crippen molar-refractivity contribution in [3.05, 3.63) is 0 Å². The van der Waals surface area contributed by atoms with E-state index in [0.717, 1.165) is 25.7 Å². The van der Waals surface area contributed by atoms with Crippen molar-refractivity contribution in [2.45, 2.75) is 155 Å². The Balaban J connectivity index is 0. The number of carboxylic acids is 2. The van der Waals surface area contributed by atoms with Gasteiger partial charge in [0.25, 0.3) is 0 Å². The fourth-order valence-electron chi connectivity index (χ4n) is 3.73. The summed E-state index contributed by atoms with van der Waals surface area (Å²) in [5.41, 5.74) is 0. The molecule has 0 aliphatic rings. The van der Waals surface area contributed by atoms with Gasteiger partial charge in [-0.2, -0.15) is 0 Å². The molecule has 0 aliphatic carbocycles. The van der Waals surface area contributed by atoms with E-state index in [1.165, 1.54) is 64.2 Å². The van der Waals surface area contributed by atoms with Gasteiger partial charge in [0.1, 0.15) is 0 Å². The second kappa shape index (κ2) is 31.1. The highest BCUT2D eigenvalue weighted by atomic mass is 16.5. The zero-order chi connectivity index (χ0) is 28.7. The van der Waals surface area contributed by atoms with Gasteiger partial charge in [0.2, 0.25) is 0 Å². The van der Waals surface area contributed by atoms with Crippen molar-refractivity contribution in [3.63, 3.8) is 0 Å². The van der Waals surface area contributed by atoms with Crippen LogP contribution in [0.15, 0.2) is 0 Å². The summed E-state index contributed by atoms with van der Waals surface area (Å²) in [7, 11) is 0. The quantitative estimate of drug-likeness (QED) is 0.0832. The van der Waals surface area contributed by atoms with Crippen LogP contribution in [-0.2, 0) is 28.7 Å². The van der Waals surface area contributed by atoms with Gasteiger partial charge >= 0.3 is 23.9 Å². The predicted octanol–water partition coefficient (Wildman–Crippen LogP) is 7.85. The second-order valence-corrected chi connectivity index (χ2v) is 9.89. The fourth-order valence-corrected chi connectivity index (χ4v) is 3.73. The maximum Gasteiger partial charge on any atom is 0.305 e. The molecule has 0 bridgehead atoms. The Morgan fingerprint density at radius 3 is 1.03 bits per heavy atom. The molecule has 0 saturated heterocycles. The molecule has 2 N–H and O–H groups in total. The minimum absolute atomic E-state index is 0.130. The monoisotopic (exact) mass is 544 g/mol. The number of unbranched alkanes of at least 4 members (excludes halogenated alkanes) is 14. The van der Waals surface area contributed by atoms with Crippen LogP contribution in [0.4, 0.5) is 0 Å². The van der Waals surface area contributed by atoms with Gasteiger partial charge in [0.05, 0.1) is 13.2 Å². The summed E-state index contributed by atoms with van der Waals surface area (Å²) in [5.74, 6) is -2.01. The lowest BCUT2D eigenvalue weighted by atomic mass is 10.1. The summed E-state index contributed by atoms with van der Waals surface area (Å²) in [4.78, 5) is 43.1. The molecule has 0 fully saturated rings. The van der Waals surface area contributed by atoms with Gasteiger partial charge in [0, 0.05) is 25.7 Å². The van der Waals surface area contributed by atoms with Gasteiger partial charge in [-0.1, -0.05) is 90.9 Å². The SMILES string of the molecule is CCCCCCCCCCOC(=O)CCCCC(=O)O.CCCCCCCCOC(=O)CCCCC(=O)O. The maximum absolute atomic E-state index is 11.3. The average Bonchev–Trinajstić information content (AvgIpc) is 2.88. The van der Waals surface area contributed by atoms with Crippen LogP contribution >= 0.6 is 0 Å². The van der Waals surface area contributed by atoms with Gasteiger partial charge in [-0.3, -0.25) is 19.2 Å². The number of ether oxygens (including phenoxy) is 2. The summed E-state index contributed by atoms with van der Waals surface area (Å²) < 4.78 is 10.2. The lowest BCUT2D eigenvalue weighted by Crippen LogP contribution is -2.06. The summed E-state index contributed by atoms with van der Waals surface area (Å²) in [6.07, 6.45) is 20.1. The first-order valence-corrected chi connectivity index (χ1v) is 15.1. The molecule has 0 spiro atoms. The van der Waals surface area contributed by atoms with Crippen LogP contribution in [0, 0.1) is 0 Å². The van der Waals surface area contributed by atoms with Crippen molar-refractivity contribution >= 4 is 23.9 Å². The van der Waals surface area contributed by atoms with Gasteiger partial charge in [-0.05, 0) is 38.5 Å². The van der Waals surface area contributed by atoms with Crippen molar-refractivity contribution in [3.8, 4) is 0 Å². The number of hydrogen-bond donors (Lipinski definition) is 2. The third-order valence-electron chi connectivity index (χ3n) is 6.06. The molecular formula is C30H56O8. The highest BCUT2D eigenvalue weighted by molar-refractivity contribution is 5.70. The Labute approximate surface area is 231 Å². The summed E-state index contributed by atoms with van der Waals surface area (Å²) >= 11 is 0. The molecule has 0 aromatic carbocycles. The Bertz CT molecular complexity index is 577. The van der Waals surface area contributed by atoms with Crippen LogP contribution in [0.1, 0.15) is 155 Å². The number of carbonyl (C=O) groups excluding carboxylic acids is 2. The highest BCUT2D eigenvalue weighted by Gasteiger charge is 2.05. The number of hydrogen-bond acceptors (Lipinski definition) is 6. The average molecular weight is 545 g/mol. The van der Waals surface area contributed by atoms with E-state index in [1.54, 1.807) is 0 Å². The maximum atomic E-state index is 11.3. The zero-order valence-electron chi connectivity index (χ0n) is 24.3. The van der Waals surface area contributed by atoms with E-state index in [0.29, 0.717) is 51.7 Å². The van der Waals surface area contributed by atoms with Gasteiger partial charge in [-0.15, -0.1) is 0 Å². The van der Waals surface area contributed by atoms with Gasteiger partial charge in [0.15, 0.2) is 0 Å². The summed E-state index contributed by atoms with van der Waals surface area (Å²) in [5, 5.41) is 16.9. The van der Waals surface area contributed by atoms with Crippen LogP contribution in [-0.4, -0.2) is 47.3 Å². The van der Waals surface area contributed by atoms with E-state index in [-0.39, 0.29) is 24.8 Å². The number of esters is 2. The van der Waals surface area contributed by atoms with E-state index in [4.69, 9.17) is 19.7 Å². The Hall–Kier alpha value is -2.12. The summed E-state index contributed by atoms with van der Waals surface area (Å²) in [6.45, 7) is 5.42. The summed E-state index contributed by atoms with van der Waals surface area (Å²) in [6, 6.07) is 0. The van der Waals surface area contributed by atoms with E-state index in [9.17, 15) is 19.2 Å². The molecule has 0 atom stereocenters.